The van der Waals surface area contributed by atoms with Crippen molar-refractivity contribution >= 4 is 0 Å². The van der Waals surface area contributed by atoms with Crippen molar-refractivity contribution in [2.45, 2.75) is 0 Å². The second-order valence-electron chi connectivity index (χ2n) is 4.64. The number of methoxy groups -OCH3 is 1. The van der Waals surface area contributed by atoms with Gasteiger partial charge in [0.2, 0.25) is 0 Å². The molecule has 0 aromatic heterocycles. The van der Waals surface area contributed by atoms with Crippen LogP contribution in [0.3, 0.4) is 0 Å². The number of hydrogen-bond donors (Lipinski definition) is 0. The maximum Gasteiger partial charge on any atom is 0.119 e. The van der Waals surface area contributed by atoms with Crippen LogP contribution in [0.25, 0.3) is 22.3 Å². The van der Waals surface area contributed by atoms with Crippen LogP contribution in [0.2, 0.25) is 0 Å². The fraction of sp³-hybridized carbons (Fsp3) is 0.0526. The largest absolute Gasteiger partial charge is 0.497 e. The lowest BCUT2D eigenvalue weighted by Crippen LogP contribution is -1.88. The zero-order valence-corrected chi connectivity index (χ0v) is 11.4. The minimum atomic E-state index is 0.878. The summed E-state index contributed by atoms with van der Waals surface area (Å²) in [5, 5.41) is 0. The molecule has 0 aliphatic rings. The van der Waals surface area contributed by atoms with Crippen molar-refractivity contribution in [3.8, 4) is 28.0 Å². The summed E-state index contributed by atoms with van der Waals surface area (Å²) in [6, 6.07) is 27.1. The maximum atomic E-state index is 5.37. The molecule has 1 heteroatoms. The highest BCUT2D eigenvalue weighted by atomic mass is 16.5. The van der Waals surface area contributed by atoms with Gasteiger partial charge in [-0.25, -0.2) is 0 Å². The van der Waals surface area contributed by atoms with Crippen LogP contribution in [-0.2, 0) is 0 Å². The Morgan fingerprint density at radius 3 is 1.70 bits per heavy atom. The van der Waals surface area contributed by atoms with E-state index in [4.69, 9.17) is 4.74 Å². The first-order valence-electron chi connectivity index (χ1n) is 6.67. The van der Waals surface area contributed by atoms with Crippen LogP contribution in [0.4, 0.5) is 0 Å². The third kappa shape index (κ3) is 2.43. The molecule has 0 bridgehead atoms. The predicted molar refractivity (Wildman–Crippen MR) is 83.9 cm³/mol. The van der Waals surface area contributed by atoms with Gasteiger partial charge < -0.3 is 4.74 Å². The monoisotopic (exact) mass is 260 g/mol. The molecule has 3 aromatic carbocycles. The van der Waals surface area contributed by atoms with Crippen molar-refractivity contribution in [2.75, 3.05) is 7.11 Å². The second kappa shape index (κ2) is 5.62. The molecule has 0 atom stereocenters. The zero-order chi connectivity index (χ0) is 13.8. The summed E-state index contributed by atoms with van der Waals surface area (Å²) in [6.45, 7) is 0. The molecule has 0 spiro atoms. The summed E-state index contributed by atoms with van der Waals surface area (Å²) in [5.74, 6) is 0.878. The van der Waals surface area contributed by atoms with Crippen molar-refractivity contribution in [3.05, 3.63) is 78.9 Å². The Bertz CT molecular complexity index is 687. The highest BCUT2D eigenvalue weighted by Gasteiger charge is 2.08. The molecule has 0 fully saturated rings. The molecule has 1 nitrogen and oxygen atoms in total. The van der Waals surface area contributed by atoms with Crippen LogP contribution in [0.5, 0.6) is 5.75 Å². The van der Waals surface area contributed by atoms with Crippen molar-refractivity contribution in [2.24, 2.45) is 0 Å². The van der Waals surface area contributed by atoms with E-state index in [-0.39, 0.29) is 0 Å². The first kappa shape index (κ1) is 12.5. The Kier molecular flexibility index (Phi) is 3.51. The van der Waals surface area contributed by atoms with Gasteiger partial charge in [-0.2, -0.15) is 0 Å². The number of ether oxygens (including phenoxy) is 1. The Morgan fingerprint density at radius 1 is 0.600 bits per heavy atom. The third-order valence-corrected chi connectivity index (χ3v) is 3.40. The molecule has 20 heavy (non-hydrogen) atoms. The average molecular weight is 260 g/mol. The molecule has 0 aliphatic carbocycles. The van der Waals surface area contributed by atoms with E-state index >= 15 is 0 Å². The smallest absolute Gasteiger partial charge is 0.119 e. The normalized spacial score (nSPS) is 10.2. The molecule has 0 saturated carbocycles. The number of benzene rings is 3. The summed E-state index contributed by atoms with van der Waals surface area (Å²) in [5.41, 5.74) is 4.83. The van der Waals surface area contributed by atoms with Gasteiger partial charge >= 0.3 is 0 Å². The van der Waals surface area contributed by atoms with Gasteiger partial charge in [0, 0.05) is 0 Å². The summed E-state index contributed by atoms with van der Waals surface area (Å²) in [4.78, 5) is 0. The first-order chi connectivity index (χ1) is 9.88. The second-order valence-corrected chi connectivity index (χ2v) is 4.64. The molecule has 0 aliphatic heterocycles. The molecule has 3 aromatic rings. The van der Waals surface area contributed by atoms with Gasteiger partial charge in [0.25, 0.3) is 0 Å². The van der Waals surface area contributed by atoms with Gasteiger partial charge in [0.05, 0.1) is 7.11 Å². The van der Waals surface area contributed by atoms with Gasteiger partial charge in [-0.1, -0.05) is 66.7 Å². The van der Waals surface area contributed by atoms with E-state index in [9.17, 15) is 0 Å². The fourth-order valence-electron chi connectivity index (χ4n) is 2.38. The van der Waals surface area contributed by atoms with Gasteiger partial charge in [-0.05, 0) is 34.4 Å². The van der Waals surface area contributed by atoms with E-state index in [2.05, 4.69) is 60.7 Å². The van der Waals surface area contributed by atoms with Crippen LogP contribution in [0.15, 0.2) is 78.9 Å². The Morgan fingerprint density at radius 2 is 1.15 bits per heavy atom. The summed E-state index contributed by atoms with van der Waals surface area (Å²) >= 11 is 0. The van der Waals surface area contributed by atoms with Gasteiger partial charge in [-0.3, -0.25) is 0 Å². The lowest BCUT2D eigenvalue weighted by atomic mass is 9.94. The standard InChI is InChI=1S/C19H16O/c1-20-17-12-13-18(15-8-4-2-5-9-15)19(14-17)16-10-6-3-7-11-16/h2-14H,1H3. The van der Waals surface area contributed by atoms with Crippen molar-refractivity contribution < 1.29 is 4.74 Å². The van der Waals surface area contributed by atoms with Crippen LogP contribution in [-0.4, -0.2) is 7.11 Å². The Labute approximate surface area is 119 Å². The van der Waals surface area contributed by atoms with E-state index in [1.807, 2.05) is 18.2 Å². The molecule has 3 rings (SSSR count). The minimum absolute atomic E-state index is 0.878. The molecule has 0 amide bonds. The summed E-state index contributed by atoms with van der Waals surface area (Å²) in [7, 11) is 1.70. The van der Waals surface area contributed by atoms with E-state index in [0.29, 0.717) is 0 Å². The molecule has 0 N–H and O–H groups in total. The van der Waals surface area contributed by atoms with E-state index in [1.165, 1.54) is 22.3 Å². The van der Waals surface area contributed by atoms with Crippen LogP contribution in [0, 0.1) is 0 Å². The van der Waals surface area contributed by atoms with E-state index < -0.39 is 0 Å². The molecule has 0 unspecified atom stereocenters. The first-order valence-corrected chi connectivity index (χ1v) is 6.67. The molecule has 0 saturated heterocycles. The lowest BCUT2D eigenvalue weighted by Gasteiger charge is -2.12. The van der Waals surface area contributed by atoms with E-state index in [0.717, 1.165) is 5.75 Å². The molecular formula is C19H16O. The van der Waals surface area contributed by atoms with Crippen molar-refractivity contribution in [1.29, 1.82) is 0 Å². The average Bonchev–Trinajstić information content (AvgIpc) is 2.56. The number of hydrogen-bond acceptors (Lipinski definition) is 1. The minimum Gasteiger partial charge on any atom is -0.497 e. The highest BCUT2D eigenvalue weighted by molar-refractivity contribution is 5.84. The topological polar surface area (TPSA) is 9.23 Å². The van der Waals surface area contributed by atoms with Crippen LogP contribution < -0.4 is 4.74 Å². The third-order valence-electron chi connectivity index (χ3n) is 3.40. The lowest BCUT2D eigenvalue weighted by molar-refractivity contribution is 0.415. The number of rotatable bonds is 3. The van der Waals surface area contributed by atoms with Gasteiger partial charge in [0.1, 0.15) is 5.75 Å². The quantitative estimate of drug-likeness (QED) is 0.641. The Hall–Kier alpha value is -2.54. The maximum absolute atomic E-state index is 5.37. The highest BCUT2D eigenvalue weighted by Crippen LogP contribution is 2.34. The van der Waals surface area contributed by atoms with Gasteiger partial charge in [-0.15, -0.1) is 0 Å². The molecule has 0 heterocycles. The molecular weight excluding hydrogens is 244 g/mol. The van der Waals surface area contributed by atoms with Crippen molar-refractivity contribution in [1.82, 2.24) is 0 Å². The van der Waals surface area contributed by atoms with Crippen LogP contribution >= 0.6 is 0 Å². The zero-order valence-electron chi connectivity index (χ0n) is 11.4. The fourth-order valence-corrected chi connectivity index (χ4v) is 2.38. The summed E-state index contributed by atoms with van der Waals surface area (Å²) < 4.78 is 5.37. The predicted octanol–water partition coefficient (Wildman–Crippen LogP) is 5.03. The van der Waals surface area contributed by atoms with Crippen LogP contribution in [0.1, 0.15) is 0 Å². The molecule has 0 radical (unpaired) electrons. The van der Waals surface area contributed by atoms with E-state index in [1.54, 1.807) is 7.11 Å². The van der Waals surface area contributed by atoms with Gasteiger partial charge in [0.15, 0.2) is 0 Å². The summed E-state index contributed by atoms with van der Waals surface area (Å²) in [6.07, 6.45) is 0. The SMILES string of the molecule is COc1ccc(-c2ccccc2)c(-c2ccccc2)c1. The Balaban J connectivity index is 2.20. The van der Waals surface area contributed by atoms with Crippen molar-refractivity contribution in [3.63, 3.8) is 0 Å². The molecule has 98 valence electrons.